The summed E-state index contributed by atoms with van der Waals surface area (Å²) in [5.41, 5.74) is 2.58. The lowest BCUT2D eigenvalue weighted by Gasteiger charge is -2.13. The van der Waals surface area contributed by atoms with Crippen LogP contribution in [0.1, 0.15) is 43.0 Å². The fraction of sp³-hybridized carbons (Fsp3) is 0.571. The lowest BCUT2D eigenvalue weighted by Crippen LogP contribution is -2.26. The van der Waals surface area contributed by atoms with Gasteiger partial charge >= 0.3 is 0 Å². The van der Waals surface area contributed by atoms with Crippen LogP contribution >= 0.6 is 0 Å². The largest absolute Gasteiger partial charge is 0.313 e. The van der Waals surface area contributed by atoms with Crippen molar-refractivity contribution in [1.29, 1.82) is 5.26 Å². The molecule has 0 fully saturated rings. The molecule has 0 bridgehead atoms. The number of nitrogens with zero attached hydrogens (tertiary/aromatic N) is 2. The number of unbranched alkanes of at least 4 members (excludes halogenated alkanes) is 2. The topological polar surface area (TPSA) is 45.8 Å². The van der Waals surface area contributed by atoms with Crippen molar-refractivity contribution in [2.24, 2.45) is 0 Å². The van der Waals surface area contributed by atoms with Crippen molar-refractivity contribution < 1.29 is 0 Å². The molecule has 0 spiro atoms. The van der Waals surface area contributed by atoms with Crippen LogP contribution in [-0.4, -0.2) is 4.57 Å². The van der Waals surface area contributed by atoms with Crippen LogP contribution in [0, 0.1) is 25.2 Å². The van der Waals surface area contributed by atoms with Gasteiger partial charge in [0.05, 0.1) is 12.5 Å². The van der Waals surface area contributed by atoms with Crippen LogP contribution in [0.3, 0.4) is 0 Å². The monoisotopic (exact) mass is 232 g/mol. The zero-order chi connectivity index (χ0) is 12.8. The van der Waals surface area contributed by atoms with Crippen molar-refractivity contribution in [1.82, 2.24) is 4.57 Å². The Morgan fingerprint density at radius 3 is 2.65 bits per heavy atom. The number of hydrogen-bond acceptors (Lipinski definition) is 2. The molecule has 17 heavy (non-hydrogen) atoms. The van der Waals surface area contributed by atoms with Gasteiger partial charge in [-0.2, -0.15) is 5.26 Å². The molecular weight excluding hydrogens is 212 g/mol. The molecule has 0 saturated heterocycles. The molecule has 0 amide bonds. The molecule has 0 saturated carbocycles. The molecule has 0 radical (unpaired) electrons. The predicted octanol–water partition coefficient (Wildman–Crippen LogP) is 2.72. The van der Waals surface area contributed by atoms with Gasteiger partial charge in [0, 0.05) is 17.8 Å². The maximum atomic E-state index is 12.2. The van der Waals surface area contributed by atoms with Gasteiger partial charge in [-0.3, -0.25) is 4.79 Å². The third kappa shape index (κ3) is 3.20. The summed E-state index contributed by atoms with van der Waals surface area (Å²) >= 11 is 0. The Balaban J connectivity index is 3.08. The van der Waals surface area contributed by atoms with Crippen LogP contribution in [0.25, 0.3) is 0 Å². The third-order valence-electron chi connectivity index (χ3n) is 3.07. The van der Waals surface area contributed by atoms with E-state index in [4.69, 9.17) is 5.26 Å². The number of aryl methyl sites for hydroxylation is 2. The second-order valence-corrected chi connectivity index (χ2v) is 4.45. The second kappa shape index (κ2) is 6.24. The van der Waals surface area contributed by atoms with Gasteiger partial charge in [0.15, 0.2) is 0 Å². The first kappa shape index (κ1) is 13.5. The average Bonchev–Trinajstić information content (AvgIpc) is 2.29. The lowest BCUT2D eigenvalue weighted by molar-refractivity contribution is 0.572. The summed E-state index contributed by atoms with van der Waals surface area (Å²) < 4.78 is 1.80. The molecule has 3 heteroatoms. The number of hydrogen-bond donors (Lipinski definition) is 0. The summed E-state index contributed by atoms with van der Waals surface area (Å²) in [5, 5.41) is 8.74. The van der Waals surface area contributed by atoms with Gasteiger partial charge in [0.2, 0.25) is 0 Å². The Labute approximate surface area is 103 Å². The SMILES string of the molecule is CCCCCn1c(C)cc(C)c(CC#N)c1=O. The highest BCUT2D eigenvalue weighted by Gasteiger charge is 2.09. The average molecular weight is 232 g/mol. The fourth-order valence-electron chi connectivity index (χ4n) is 2.06. The van der Waals surface area contributed by atoms with E-state index in [1.54, 1.807) is 4.57 Å². The molecule has 1 aromatic rings. The first-order valence-corrected chi connectivity index (χ1v) is 6.18. The minimum Gasteiger partial charge on any atom is -0.313 e. The number of rotatable bonds is 5. The highest BCUT2D eigenvalue weighted by atomic mass is 16.1. The van der Waals surface area contributed by atoms with Gasteiger partial charge in [0.25, 0.3) is 5.56 Å². The molecule has 1 rings (SSSR count). The maximum absolute atomic E-state index is 12.2. The number of nitriles is 1. The molecule has 0 N–H and O–H groups in total. The van der Waals surface area contributed by atoms with Gasteiger partial charge in [-0.15, -0.1) is 0 Å². The number of pyridine rings is 1. The van der Waals surface area contributed by atoms with Crippen molar-refractivity contribution in [3.63, 3.8) is 0 Å². The molecule has 92 valence electrons. The Morgan fingerprint density at radius 1 is 1.35 bits per heavy atom. The van der Waals surface area contributed by atoms with Gasteiger partial charge < -0.3 is 4.57 Å². The normalized spacial score (nSPS) is 10.2. The van der Waals surface area contributed by atoms with E-state index >= 15 is 0 Å². The molecule has 0 atom stereocenters. The minimum absolute atomic E-state index is 0.0140. The van der Waals surface area contributed by atoms with Crippen LogP contribution in [0.5, 0.6) is 0 Å². The minimum atomic E-state index is 0.0140. The van der Waals surface area contributed by atoms with E-state index in [1.807, 2.05) is 19.9 Å². The Morgan fingerprint density at radius 2 is 2.06 bits per heavy atom. The van der Waals surface area contributed by atoms with E-state index in [9.17, 15) is 4.79 Å². The van der Waals surface area contributed by atoms with Gasteiger partial charge in [0.1, 0.15) is 0 Å². The third-order valence-corrected chi connectivity index (χ3v) is 3.07. The van der Waals surface area contributed by atoms with Gasteiger partial charge in [-0.05, 0) is 31.9 Å². The molecule has 1 heterocycles. The van der Waals surface area contributed by atoms with Gasteiger partial charge in [-0.1, -0.05) is 19.8 Å². The van der Waals surface area contributed by atoms with E-state index < -0.39 is 0 Å². The molecule has 0 aliphatic heterocycles. The van der Waals surface area contributed by atoms with Crippen LogP contribution < -0.4 is 5.56 Å². The Bertz CT molecular complexity index is 480. The first-order valence-electron chi connectivity index (χ1n) is 6.18. The van der Waals surface area contributed by atoms with E-state index in [1.165, 1.54) is 0 Å². The van der Waals surface area contributed by atoms with Gasteiger partial charge in [-0.25, -0.2) is 0 Å². The molecule has 0 aliphatic rings. The molecule has 1 aromatic heterocycles. The fourth-order valence-corrected chi connectivity index (χ4v) is 2.06. The molecular formula is C14H20N2O. The molecule has 0 unspecified atom stereocenters. The summed E-state index contributed by atoms with van der Waals surface area (Å²) in [6.45, 7) is 6.76. The second-order valence-electron chi connectivity index (χ2n) is 4.45. The summed E-state index contributed by atoms with van der Waals surface area (Å²) in [6.07, 6.45) is 3.50. The number of aromatic nitrogens is 1. The summed E-state index contributed by atoms with van der Waals surface area (Å²) in [6, 6.07) is 4.07. The van der Waals surface area contributed by atoms with E-state index in [-0.39, 0.29) is 12.0 Å². The summed E-state index contributed by atoms with van der Waals surface area (Å²) in [5.74, 6) is 0. The zero-order valence-electron chi connectivity index (χ0n) is 10.9. The lowest BCUT2D eigenvalue weighted by atomic mass is 10.1. The van der Waals surface area contributed by atoms with Crippen LogP contribution in [-0.2, 0) is 13.0 Å². The molecule has 0 aliphatic carbocycles. The smallest absolute Gasteiger partial charge is 0.255 e. The van der Waals surface area contributed by atoms with E-state index in [2.05, 4.69) is 13.0 Å². The highest BCUT2D eigenvalue weighted by Crippen LogP contribution is 2.08. The Kier molecular flexibility index (Phi) is 4.96. The predicted molar refractivity (Wildman–Crippen MR) is 69.0 cm³/mol. The van der Waals surface area contributed by atoms with Crippen molar-refractivity contribution in [3.05, 3.63) is 33.2 Å². The quantitative estimate of drug-likeness (QED) is 0.733. The Hall–Kier alpha value is -1.56. The van der Waals surface area contributed by atoms with E-state index in [0.29, 0.717) is 5.56 Å². The summed E-state index contributed by atoms with van der Waals surface area (Å²) in [4.78, 5) is 12.2. The van der Waals surface area contributed by atoms with Crippen molar-refractivity contribution in [2.45, 2.75) is 53.0 Å². The van der Waals surface area contributed by atoms with Crippen molar-refractivity contribution in [2.75, 3.05) is 0 Å². The van der Waals surface area contributed by atoms with Crippen LogP contribution in [0.15, 0.2) is 10.9 Å². The van der Waals surface area contributed by atoms with E-state index in [0.717, 1.165) is 37.1 Å². The standard InChI is InChI=1S/C14H20N2O/c1-4-5-6-9-16-12(3)10-11(2)13(7-8-15)14(16)17/h10H,4-7,9H2,1-3H3. The van der Waals surface area contributed by atoms with Crippen molar-refractivity contribution >= 4 is 0 Å². The molecule has 0 aromatic carbocycles. The maximum Gasteiger partial charge on any atom is 0.255 e. The molecule has 3 nitrogen and oxygen atoms in total. The van der Waals surface area contributed by atoms with Crippen LogP contribution in [0.4, 0.5) is 0 Å². The highest BCUT2D eigenvalue weighted by molar-refractivity contribution is 5.28. The van der Waals surface area contributed by atoms with Crippen LogP contribution in [0.2, 0.25) is 0 Å². The summed E-state index contributed by atoms with van der Waals surface area (Å²) in [7, 11) is 0. The zero-order valence-corrected chi connectivity index (χ0v) is 10.9. The first-order chi connectivity index (χ1) is 8.11. The van der Waals surface area contributed by atoms with Crippen molar-refractivity contribution in [3.8, 4) is 6.07 Å².